The van der Waals surface area contributed by atoms with Crippen molar-refractivity contribution in [3.63, 3.8) is 0 Å². The zero-order valence-electron chi connectivity index (χ0n) is 12.6. The van der Waals surface area contributed by atoms with Crippen LogP contribution in [0.5, 0.6) is 0 Å². The zero-order valence-corrected chi connectivity index (χ0v) is 12.6. The molecule has 128 valence electrons. The van der Waals surface area contributed by atoms with Crippen LogP contribution >= 0.6 is 0 Å². The Balaban J connectivity index is 4.85. The quantitative estimate of drug-likeness (QED) is 0.208. The van der Waals surface area contributed by atoms with Crippen LogP contribution in [-0.4, -0.2) is 23.0 Å². The molecule has 0 saturated carbocycles. The molecule has 0 aliphatic heterocycles. The van der Waals surface area contributed by atoms with Gasteiger partial charge in [-0.25, -0.2) is 5.26 Å². The Morgan fingerprint density at radius 2 is 1.10 bits per heavy atom. The lowest BCUT2D eigenvalue weighted by Crippen LogP contribution is -2.58. The largest absolute Gasteiger partial charge is 0.364 e. The normalized spacial score (nSPS) is 16.0. The van der Waals surface area contributed by atoms with Crippen molar-refractivity contribution in [3.05, 3.63) is 0 Å². The average molecular weight is 320 g/mol. The monoisotopic (exact) mass is 320 g/mol. The van der Waals surface area contributed by atoms with Gasteiger partial charge in [-0.1, -0.05) is 46.0 Å². The Labute approximate surface area is 122 Å². The van der Waals surface area contributed by atoms with Crippen LogP contribution in [0.15, 0.2) is 0 Å². The fraction of sp³-hybridized carbons (Fsp3) is 1.00. The summed E-state index contributed by atoms with van der Waals surface area (Å²) in [6.07, 6.45) is 0.344. The van der Waals surface area contributed by atoms with Gasteiger partial charge in [0.15, 0.2) is 0 Å². The van der Waals surface area contributed by atoms with E-state index in [1.54, 1.807) is 6.92 Å². The second-order valence-corrected chi connectivity index (χ2v) is 5.36. The Hall–Kier alpha value is -0.430. The van der Waals surface area contributed by atoms with Crippen molar-refractivity contribution in [2.75, 3.05) is 0 Å². The molecule has 0 spiro atoms. The highest BCUT2D eigenvalue weighted by atomic mass is 19.3. The van der Waals surface area contributed by atoms with Gasteiger partial charge in [-0.3, -0.25) is 0 Å². The summed E-state index contributed by atoms with van der Waals surface area (Å²) in [7, 11) is 0. The smallest absolute Gasteiger partial charge is 0.248 e. The third-order valence-corrected chi connectivity index (χ3v) is 3.51. The van der Waals surface area contributed by atoms with E-state index < -0.39 is 30.5 Å². The molecule has 0 aliphatic rings. The molecule has 0 bridgehead atoms. The average Bonchev–Trinajstić information content (AvgIpc) is 2.42. The van der Waals surface area contributed by atoms with Gasteiger partial charge >= 0.3 is 17.7 Å². The summed E-state index contributed by atoms with van der Waals surface area (Å²) in [6, 6.07) is 0. The Morgan fingerprint density at radius 1 is 0.714 bits per heavy atom. The van der Waals surface area contributed by atoms with E-state index in [2.05, 4.69) is 4.89 Å². The first-order valence-corrected chi connectivity index (χ1v) is 7.45. The van der Waals surface area contributed by atoms with E-state index in [0.29, 0.717) is 25.7 Å². The first-order chi connectivity index (χ1) is 9.68. The van der Waals surface area contributed by atoms with Crippen molar-refractivity contribution >= 4 is 0 Å². The van der Waals surface area contributed by atoms with Gasteiger partial charge in [0.1, 0.15) is 0 Å². The second-order valence-electron chi connectivity index (χ2n) is 5.36. The minimum Gasteiger partial charge on any atom is -0.248 e. The van der Waals surface area contributed by atoms with E-state index in [-0.39, 0.29) is 12.8 Å². The second kappa shape index (κ2) is 8.88. The van der Waals surface area contributed by atoms with Crippen LogP contribution in [0.1, 0.15) is 71.6 Å². The summed E-state index contributed by atoms with van der Waals surface area (Å²) in [6.45, 7) is 3.60. The number of hydrogen-bond acceptors (Lipinski definition) is 2. The lowest BCUT2D eigenvalue weighted by Gasteiger charge is -2.36. The molecule has 21 heavy (non-hydrogen) atoms. The standard InChI is InChI=1S/C14H25F5O2/c1-3-5-7-9-11-13(17,18)14(19,21-20)12(15,16)10-8-6-4-2/h20H,3-11H2,1-2H3. The van der Waals surface area contributed by atoms with Crippen molar-refractivity contribution in [2.45, 2.75) is 89.3 Å². The van der Waals surface area contributed by atoms with E-state index in [1.807, 2.05) is 6.92 Å². The Morgan fingerprint density at radius 3 is 1.48 bits per heavy atom. The van der Waals surface area contributed by atoms with Gasteiger partial charge in [0.05, 0.1) is 0 Å². The van der Waals surface area contributed by atoms with Gasteiger partial charge in [-0.15, -0.1) is 0 Å². The van der Waals surface area contributed by atoms with Crippen molar-refractivity contribution in [2.24, 2.45) is 0 Å². The van der Waals surface area contributed by atoms with Crippen LogP contribution in [0.3, 0.4) is 0 Å². The molecule has 7 heteroatoms. The van der Waals surface area contributed by atoms with Crippen LogP contribution < -0.4 is 0 Å². The first kappa shape index (κ1) is 20.6. The minimum atomic E-state index is -4.68. The van der Waals surface area contributed by atoms with E-state index in [4.69, 9.17) is 5.26 Å². The van der Waals surface area contributed by atoms with Crippen LogP contribution in [0.25, 0.3) is 0 Å². The van der Waals surface area contributed by atoms with Gasteiger partial charge in [-0.2, -0.15) is 26.8 Å². The predicted octanol–water partition coefficient (Wildman–Crippen LogP) is 5.96. The van der Waals surface area contributed by atoms with Crippen molar-refractivity contribution in [3.8, 4) is 0 Å². The number of halogens is 5. The molecule has 1 N–H and O–H groups in total. The summed E-state index contributed by atoms with van der Waals surface area (Å²) in [4.78, 5) is 2.99. The molecule has 0 aliphatic carbocycles. The van der Waals surface area contributed by atoms with E-state index >= 15 is 0 Å². The molecular weight excluding hydrogens is 295 g/mol. The summed E-state index contributed by atoms with van der Waals surface area (Å²) in [5, 5.41) is 8.38. The maximum atomic E-state index is 14.0. The fourth-order valence-electron chi connectivity index (χ4n) is 2.09. The van der Waals surface area contributed by atoms with Gasteiger partial charge in [0.2, 0.25) is 0 Å². The van der Waals surface area contributed by atoms with Gasteiger partial charge in [0.25, 0.3) is 0 Å². The van der Waals surface area contributed by atoms with E-state index in [9.17, 15) is 22.0 Å². The maximum absolute atomic E-state index is 14.0. The highest BCUT2D eigenvalue weighted by Crippen LogP contribution is 2.49. The molecular formula is C14H25F5O2. The van der Waals surface area contributed by atoms with Crippen molar-refractivity contribution in [1.29, 1.82) is 0 Å². The van der Waals surface area contributed by atoms with E-state index in [0.717, 1.165) is 6.42 Å². The van der Waals surface area contributed by atoms with Crippen molar-refractivity contribution < 1.29 is 32.1 Å². The molecule has 0 amide bonds. The van der Waals surface area contributed by atoms with Crippen LogP contribution in [0, 0.1) is 0 Å². The molecule has 0 aromatic carbocycles. The first-order valence-electron chi connectivity index (χ1n) is 7.45. The molecule has 0 aromatic heterocycles. The summed E-state index contributed by atoms with van der Waals surface area (Å²) < 4.78 is 69.0. The molecule has 1 unspecified atom stereocenters. The number of unbranched alkanes of at least 4 members (excludes halogenated alkanes) is 5. The lowest BCUT2D eigenvalue weighted by molar-refractivity contribution is -0.470. The van der Waals surface area contributed by atoms with Gasteiger partial charge in [-0.05, 0) is 12.8 Å². The molecule has 0 aromatic rings. The third kappa shape index (κ3) is 5.36. The van der Waals surface area contributed by atoms with Crippen molar-refractivity contribution in [1.82, 2.24) is 0 Å². The molecule has 0 saturated heterocycles. The van der Waals surface area contributed by atoms with E-state index in [1.165, 1.54) is 0 Å². The Kier molecular flexibility index (Phi) is 8.70. The summed E-state index contributed by atoms with van der Waals surface area (Å²) in [5.41, 5.74) is 0. The van der Waals surface area contributed by atoms with Crippen LogP contribution in [-0.2, 0) is 4.89 Å². The topological polar surface area (TPSA) is 29.5 Å². The number of rotatable bonds is 12. The number of hydrogen-bond donors (Lipinski definition) is 1. The maximum Gasteiger partial charge on any atom is 0.364 e. The van der Waals surface area contributed by atoms with Gasteiger partial charge in [0, 0.05) is 12.8 Å². The minimum absolute atomic E-state index is 0.110. The highest BCUT2D eigenvalue weighted by molar-refractivity contribution is 4.96. The number of alkyl halides is 5. The van der Waals surface area contributed by atoms with Crippen LogP contribution in [0.4, 0.5) is 22.0 Å². The van der Waals surface area contributed by atoms with Gasteiger partial charge < -0.3 is 0 Å². The molecule has 2 nitrogen and oxygen atoms in total. The third-order valence-electron chi connectivity index (χ3n) is 3.51. The molecule has 0 fully saturated rings. The predicted molar refractivity (Wildman–Crippen MR) is 70.3 cm³/mol. The summed E-state index contributed by atoms with van der Waals surface area (Å²) >= 11 is 0. The molecule has 0 rings (SSSR count). The SMILES string of the molecule is CCCCCCC(F)(F)C(F)(OO)C(F)(F)CCCCC. The highest BCUT2D eigenvalue weighted by Gasteiger charge is 2.71. The summed E-state index contributed by atoms with van der Waals surface area (Å²) in [5.74, 6) is -13.6. The molecule has 0 radical (unpaired) electrons. The lowest BCUT2D eigenvalue weighted by atomic mass is 9.94. The Bertz CT molecular complexity index is 287. The van der Waals surface area contributed by atoms with Crippen LogP contribution in [0.2, 0.25) is 0 Å². The molecule has 0 heterocycles. The molecule has 1 atom stereocenters. The zero-order chi connectivity index (χ0) is 16.6. The fourth-order valence-corrected chi connectivity index (χ4v) is 2.09.